The molecule has 2 aliphatic heterocycles. The molecule has 29 heavy (non-hydrogen) atoms. The van der Waals surface area contributed by atoms with Crippen LogP contribution in [0, 0.1) is 0 Å². The van der Waals surface area contributed by atoms with E-state index in [1.807, 2.05) is 6.07 Å². The van der Waals surface area contributed by atoms with Crippen LogP contribution in [0.1, 0.15) is 62.0 Å². The molecule has 0 spiro atoms. The number of piperidine rings is 2. The maximum atomic E-state index is 13.4. The second kappa shape index (κ2) is 8.22. The molecule has 1 aromatic carbocycles. The quantitative estimate of drug-likeness (QED) is 0.866. The molecule has 5 rings (SSSR count). The first-order chi connectivity index (χ1) is 14.3. The van der Waals surface area contributed by atoms with Gasteiger partial charge in [0.05, 0.1) is 5.92 Å². The van der Waals surface area contributed by atoms with Gasteiger partial charge in [-0.3, -0.25) is 4.79 Å². The molecule has 2 saturated heterocycles. The van der Waals surface area contributed by atoms with Crippen LogP contribution in [0.5, 0.6) is 0 Å². The fourth-order valence-electron chi connectivity index (χ4n) is 5.45. The summed E-state index contributed by atoms with van der Waals surface area (Å²) >= 11 is 0. The summed E-state index contributed by atoms with van der Waals surface area (Å²) in [5.74, 6) is 0.945. The molecule has 3 aliphatic rings. The van der Waals surface area contributed by atoms with Crippen molar-refractivity contribution in [2.24, 2.45) is 0 Å². The average molecular weight is 395 g/mol. The Hall–Kier alpha value is -2.28. The Morgan fingerprint density at radius 1 is 1.00 bits per heavy atom. The van der Waals surface area contributed by atoms with Crippen LogP contribution in [0.3, 0.4) is 0 Å². The lowest BCUT2D eigenvalue weighted by atomic mass is 9.81. The Morgan fingerprint density at radius 3 is 2.59 bits per heavy atom. The van der Waals surface area contributed by atoms with Crippen molar-refractivity contribution in [1.82, 2.24) is 30.4 Å². The van der Waals surface area contributed by atoms with Crippen molar-refractivity contribution < 1.29 is 4.79 Å². The van der Waals surface area contributed by atoms with Gasteiger partial charge in [0.1, 0.15) is 0 Å². The number of carbonyl (C=O) groups is 1. The summed E-state index contributed by atoms with van der Waals surface area (Å²) in [5.41, 5.74) is 3.43. The molecule has 2 fully saturated rings. The number of aromatic amines is 1. The van der Waals surface area contributed by atoms with E-state index in [0.29, 0.717) is 17.8 Å². The predicted octanol–water partition coefficient (Wildman–Crippen LogP) is 2.76. The number of fused-ring (bicyclic) bond motifs is 1. The second-order valence-corrected chi connectivity index (χ2v) is 8.75. The number of nitrogens with one attached hydrogen (secondary N) is 1. The van der Waals surface area contributed by atoms with Crippen LogP contribution in [-0.2, 0) is 11.2 Å². The van der Waals surface area contributed by atoms with E-state index in [1.165, 1.54) is 43.5 Å². The first-order valence-corrected chi connectivity index (χ1v) is 11.2. The monoisotopic (exact) mass is 394 g/mol. The van der Waals surface area contributed by atoms with Crippen molar-refractivity contribution in [2.45, 2.75) is 63.3 Å². The number of carbonyl (C=O) groups excluding carboxylic acids is 1. The predicted molar refractivity (Wildman–Crippen MR) is 110 cm³/mol. The number of aryl methyl sites for hydroxylation is 1. The Labute approximate surface area is 171 Å². The number of hydrogen-bond acceptors (Lipinski definition) is 5. The van der Waals surface area contributed by atoms with Crippen LogP contribution in [0.15, 0.2) is 18.2 Å². The summed E-state index contributed by atoms with van der Waals surface area (Å²) in [6.07, 6.45) is 9.34. The zero-order valence-electron chi connectivity index (χ0n) is 17.0. The van der Waals surface area contributed by atoms with Crippen molar-refractivity contribution >= 4 is 5.91 Å². The zero-order valence-corrected chi connectivity index (χ0v) is 17.0. The fraction of sp³-hybridized carbons (Fsp3) is 0.636. The number of amides is 1. The number of hydrogen-bond donors (Lipinski definition) is 1. The van der Waals surface area contributed by atoms with Gasteiger partial charge in [-0.1, -0.05) is 18.6 Å². The number of likely N-dealkylation sites (tertiary alicyclic amines) is 2. The molecule has 1 N–H and O–H groups in total. The van der Waals surface area contributed by atoms with Gasteiger partial charge in [-0.15, -0.1) is 10.2 Å². The molecule has 7 nitrogen and oxygen atoms in total. The van der Waals surface area contributed by atoms with Gasteiger partial charge in [0, 0.05) is 24.7 Å². The van der Waals surface area contributed by atoms with Gasteiger partial charge in [0.25, 0.3) is 0 Å². The van der Waals surface area contributed by atoms with Crippen LogP contribution in [0.25, 0.3) is 11.4 Å². The molecule has 1 amide bonds. The summed E-state index contributed by atoms with van der Waals surface area (Å²) in [4.78, 5) is 18.2. The lowest BCUT2D eigenvalue weighted by Crippen LogP contribution is -2.49. The molecule has 1 atom stereocenters. The maximum Gasteiger partial charge on any atom is 0.230 e. The van der Waals surface area contributed by atoms with Crippen LogP contribution >= 0.6 is 0 Å². The van der Waals surface area contributed by atoms with E-state index < -0.39 is 0 Å². The molecule has 0 saturated carbocycles. The first kappa shape index (κ1) is 18.7. The molecule has 0 radical (unpaired) electrons. The zero-order chi connectivity index (χ0) is 19.6. The third-order valence-electron chi connectivity index (χ3n) is 7.04. The Balaban J connectivity index is 1.27. The number of benzene rings is 1. The van der Waals surface area contributed by atoms with Gasteiger partial charge in [0.15, 0.2) is 0 Å². The number of tetrazole rings is 1. The lowest BCUT2D eigenvalue weighted by molar-refractivity contribution is -0.134. The fourth-order valence-corrected chi connectivity index (χ4v) is 5.45. The van der Waals surface area contributed by atoms with Crippen molar-refractivity contribution in [2.75, 3.05) is 26.2 Å². The summed E-state index contributed by atoms with van der Waals surface area (Å²) in [6.45, 7) is 4.31. The Bertz CT molecular complexity index is 837. The standard InChI is InChI=1S/C22H30N6O/c29-22(28-13-9-18(10-14-28)27-11-2-1-3-12-27)20-6-4-5-16-15-17(7-8-19(16)20)21-23-25-26-24-21/h7-8,15,18,20H,1-6,9-14H2,(H,23,24,25,26). The molecular weight excluding hydrogens is 364 g/mol. The summed E-state index contributed by atoms with van der Waals surface area (Å²) in [6, 6.07) is 6.96. The van der Waals surface area contributed by atoms with Crippen LogP contribution < -0.4 is 0 Å². The van der Waals surface area contributed by atoms with Crippen molar-refractivity contribution in [1.29, 1.82) is 0 Å². The van der Waals surface area contributed by atoms with Crippen LogP contribution in [0.2, 0.25) is 0 Å². The van der Waals surface area contributed by atoms with Crippen molar-refractivity contribution in [3.63, 3.8) is 0 Å². The Morgan fingerprint density at radius 2 is 1.83 bits per heavy atom. The lowest BCUT2D eigenvalue weighted by Gasteiger charge is -2.41. The largest absolute Gasteiger partial charge is 0.342 e. The minimum absolute atomic E-state index is 0.00426. The minimum Gasteiger partial charge on any atom is -0.342 e. The molecule has 0 bridgehead atoms. The number of nitrogens with zero attached hydrogens (tertiary/aromatic N) is 5. The smallest absolute Gasteiger partial charge is 0.230 e. The van der Waals surface area contributed by atoms with Gasteiger partial charge in [-0.05, 0) is 80.4 Å². The van der Waals surface area contributed by atoms with E-state index in [1.54, 1.807) is 0 Å². The van der Waals surface area contributed by atoms with Gasteiger partial charge in [-0.2, -0.15) is 5.21 Å². The number of H-pyrrole nitrogens is 1. The number of rotatable bonds is 3. The first-order valence-electron chi connectivity index (χ1n) is 11.2. The normalized spacial score (nSPS) is 23.7. The molecular formula is C22H30N6O. The molecule has 1 aromatic heterocycles. The summed E-state index contributed by atoms with van der Waals surface area (Å²) in [5, 5.41) is 14.3. The second-order valence-electron chi connectivity index (χ2n) is 8.75. The van der Waals surface area contributed by atoms with Gasteiger partial charge >= 0.3 is 0 Å². The summed E-state index contributed by atoms with van der Waals surface area (Å²) < 4.78 is 0. The van der Waals surface area contributed by atoms with E-state index in [9.17, 15) is 4.79 Å². The highest BCUT2D eigenvalue weighted by Crippen LogP contribution is 2.35. The molecule has 7 heteroatoms. The maximum absolute atomic E-state index is 13.4. The van der Waals surface area contributed by atoms with Gasteiger partial charge in [0.2, 0.25) is 11.7 Å². The van der Waals surface area contributed by atoms with Gasteiger partial charge < -0.3 is 9.80 Å². The summed E-state index contributed by atoms with van der Waals surface area (Å²) in [7, 11) is 0. The van der Waals surface area contributed by atoms with Crippen LogP contribution in [0.4, 0.5) is 0 Å². The van der Waals surface area contributed by atoms with E-state index >= 15 is 0 Å². The SMILES string of the molecule is O=C(C1CCCc2cc(-c3nn[nH]n3)ccc21)N1CCC(N2CCCCC2)CC1. The highest BCUT2D eigenvalue weighted by Gasteiger charge is 2.33. The average Bonchev–Trinajstić information content (AvgIpc) is 3.34. The van der Waals surface area contributed by atoms with E-state index in [4.69, 9.17) is 0 Å². The highest BCUT2D eigenvalue weighted by atomic mass is 16.2. The van der Waals surface area contributed by atoms with Crippen LogP contribution in [-0.4, -0.2) is 68.6 Å². The van der Waals surface area contributed by atoms with E-state index in [-0.39, 0.29) is 5.92 Å². The molecule has 1 aliphatic carbocycles. The third kappa shape index (κ3) is 3.80. The van der Waals surface area contributed by atoms with Gasteiger partial charge in [-0.25, -0.2) is 0 Å². The molecule has 3 heterocycles. The molecule has 1 unspecified atom stereocenters. The molecule has 2 aromatic rings. The van der Waals surface area contributed by atoms with E-state index in [2.05, 4.69) is 42.6 Å². The topological polar surface area (TPSA) is 78.0 Å². The van der Waals surface area contributed by atoms with Crippen molar-refractivity contribution in [3.8, 4) is 11.4 Å². The van der Waals surface area contributed by atoms with Crippen molar-refractivity contribution in [3.05, 3.63) is 29.3 Å². The van der Waals surface area contributed by atoms with E-state index in [0.717, 1.165) is 50.8 Å². The third-order valence-corrected chi connectivity index (χ3v) is 7.04. The highest BCUT2D eigenvalue weighted by molar-refractivity contribution is 5.85. The minimum atomic E-state index is 0.00426. The Kier molecular flexibility index (Phi) is 5.31. The number of aromatic nitrogens is 4. The molecule has 154 valence electrons.